The standard InChI is InChI=1S/C16H30N4O/c1-8-16(21,9-2)10-18-13-11(3)12(17-7)19-14(20-13)15(4,5)6/h21H,8-10H2,1-7H3,(H2,17,18,19,20). The maximum Gasteiger partial charge on any atom is 0.138 e. The molecule has 0 aliphatic heterocycles. The molecule has 120 valence electrons. The molecule has 3 N–H and O–H groups in total. The van der Waals surface area contributed by atoms with Gasteiger partial charge in [-0.15, -0.1) is 0 Å². The second-order valence-corrected chi connectivity index (χ2v) is 6.65. The highest BCUT2D eigenvalue weighted by Gasteiger charge is 2.24. The summed E-state index contributed by atoms with van der Waals surface area (Å²) >= 11 is 0. The minimum atomic E-state index is -0.695. The third kappa shape index (κ3) is 4.30. The van der Waals surface area contributed by atoms with Gasteiger partial charge in [0.05, 0.1) is 5.60 Å². The molecule has 1 heterocycles. The fourth-order valence-corrected chi connectivity index (χ4v) is 2.02. The maximum absolute atomic E-state index is 10.4. The fourth-order valence-electron chi connectivity index (χ4n) is 2.02. The highest BCUT2D eigenvalue weighted by atomic mass is 16.3. The molecule has 1 rings (SSSR count). The van der Waals surface area contributed by atoms with Gasteiger partial charge in [-0.2, -0.15) is 0 Å². The Kier molecular flexibility index (Phi) is 5.56. The Hall–Kier alpha value is -1.36. The summed E-state index contributed by atoms with van der Waals surface area (Å²) in [6.45, 7) is 12.7. The van der Waals surface area contributed by atoms with E-state index in [1.54, 1.807) is 0 Å². The van der Waals surface area contributed by atoms with E-state index < -0.39 is 5.60 Å². The van der Waals surface area contributed by atoms with E-state index in [4.69, 9.17) is 0 Å². The molecule has 0 bridgehead atoms. The van der Waals surface area contributed by atoms with Gasteiger partial charge >= 0.3 is 0 Å². The number of aromatic nitrogens is 2. The van der Waals surface area contributed by atoms with E-state index in [1.165, 1.54) is 0 Å². The van der Waals surface area contributed by atoms with E-state index in [0.717, 1.165) is 23.0 Å². The molecule has 0 fully saturated rings. The van der Waals surface area contributed by atoms with Crippen molar-refractivity contribution >= 4 is 11.6 Å². The zero-order valence-corrected chi connectivity index (χ0v) is 14.5. The zero-order valence-electron chi connectivity index (χ0n) is 14.5. The lowest BCUT2D eigenvalue weighted by atomic mass is 9.95. The number of hydrogen-bond acceptors (Lipinski definition) is 5. The van der Waals surface area contributed by atoms with Crippen molar-refractivity contribution in [1.82, 2.24) is 9.97 Å². The highest BCUT2D eigenvalue weighted by molar-refractivity contribution is 5.57. The van der Waals surface area contributed by atoms with E-state index in [0.29, 0.717) is 19.4 Å². The van der Waals surface area contributed by atoms with Gasteiger partial charge in [0.2, 0.25) is 0 Å². The summed E-state index contributed by atoms with van der Waals surface area (Å²) < 4.78 is 0. The van der Waals surface area contributed by atoms with Gasteiger partial charge in [-0.1, -0.05) is 34.6 Å². The molecule has 0 unspecified atom stereocenters. The number of nitrogens with one attached hydrogen (secondary N) is 2. The molecule has 21 heavy (non-hydrogen) atoms. The number of rotatable bonds is 6. The lowest BCUT2D eigenvalue weighted by Gasteiger charge is -2.27. The van der Waals surface area contributed by atoms with Crippen LogP contribution in [0.4, 0.5) is 11.6 Å². The van der Waals surface area contributed by atoms with E-state index in [1.807, 2.05) is 27.8 Å². The van der Waals surface area contributed by atoms with E-state index in [2.05, 4.69) is 41.4 Å². The summed E-state index contributed by atoms with van der Waals surface area (Å²) in [5, 5.41) is 16.8. The fraction of sp³-hybridized carbons (Fsp3) is 0.750. The van der Waals surface area contributed by atoms with Crippen LogP contribution in [0.2, 0.25) is 0 Å². The number of aliphatic hydroxyl groups is 1. The summed E-state index contributed by atoms with van der Waals surface area (Å²) in [5.41, 5.74) is 0.153. The van der Waals surface area contributed by atoms with Gasteiger partial charge in [0.15, 0.2) is 0 Å². The second-order valence-electron chi connectivity index (χ2n) is 6.65. The lowest BCUT2D eigenvalue weighted by molar-refractivity contribution is 0.0456. The summed E-state index contributed by atoms with van der Waals surface area (Å²) in [5.74, 6) is 2.41. The van der Waals surface area contributed by atoms with Crippen LogP contribution in [0.5, 0.6) is 0 Å². The van der Waals surface area contributed by atoms with E-state index in [-0.39, 0.29) is 5.41 Å². The summed E-state index contributed by atoms with van der Waals surface area (Å²) in [4.78, 5) is 9.23. The van der Waals surface area contributed by atoms with Crippen LogP contribution in [-0.2, 0) is 5.41 Å². The third-order valence-electron chi connectivity index (χ3n) is 3.95. The Labute approximate surface area is 128 Å². The Balaban J connectivity index is 3.11. The maximum atomic E-state index is 10.4. The molecule has 0 aliphatic carbocycles. The third-order valence-corrected chi connectivity index (χ3v) is 3.95. The van der Waals surface area contributed by atoms with Crippen LogP contribution in [0.15, 0.2) is 0 Å². The van der Waals surface area contributed by atoms with Gasteiger partial charge < -0.3 is 15.7 Å². The van der Waals surface area contributed by atoms with E-state index >= 15 is 0 Å². The molecule has 0 radical (unpaired) electrons. The normalized spacial score (nSPS) is 12.4. The van der Waals surface area contributed by atoms with Crippen LogP contribution in [0.3, 0.4) is 0 Å². The van der Waals surface area contributed by atoms with Crippen LogP contribution < -0.4 is 10.6 Å². The molecule has 5 heteroatoms. The second kappa shape index (κ2) is 6.60. The van der Waals surface area contributed by atoms with Crippen molar-refractivity contribution < 1.29 is 5.11 Å². The minimum absolute atomic E-state index is 0.123. The quantitative estimate of drug-likeness (QED) is 0.752. The van der Waals surface area contributed by atoms with Gasteiger partial charge in [0, 0.05) is 24.6 Å². The first kappa shape index (κ1) is 17.7. The molecule has 0 spiro atoms. The monoisotopic (exact) mass is 294 g/mol. The zero-order chi connectivity index (χ0) is 16.3. The van der Waals surface area contributed by atoms with Crippen molar-refractivity contribution in [3.05, 3.63) is 11.4 Å². The molecule has 1 aromatic heterocycles. The Morgan fingerprint density at radius 1 is 1.05 bits per heavy atom. The first-order valence-electron chi connectivity index (χ1n) is 7.70. The SMILES string of the molecule is CCC(O)(CC)CNc1nc(C(C)(C)C)nc(NC)c1C. The predicted molar refractivity (Wildman–Crippen MR) is 89.0 cm³/mol. The van der Waals surface area contributed by atoms with Gasteiger partial charge in [0.25, 0.3) is 0 Å². The molecule has 0 aliphatic rings. The smallest absolute Gasteiger partial charge is 0.138 e. The topological polar surface area (TPSA) is 70.1 Å². The minimum Gasteiger partial charge on any atom is -0.388 e. The van der Waals surface area contributed by atoms with Crippen molar-refractivity contribution in [1.29, 1.82) is 0 Å². The first-order chi connectivity index (χ1) is 9.66. The van der Waals surface area contributed by atoms with Gasteiger partial charge in [-0.05, 0) is 19.8 Å². The predicted octanol–water partition coefficient (Wildman–Crippen LogP) is 3.09. The lowest BCUT2D eigenvalue weighted by Crippen LogP contribution is -2.36. The van der Waals surface area contributed by atoms with Gasteiger partial charge in [0.1, 0.15) is 17.5 Å². The molecule has 0 aromatic carbocycles. The number of hydrogen-bond donors (Lipinski definition) is 3. The van der Waals surface area contributed by atoms with Crippen molar-refractivity contribution in [3.63, 3.8) is 0 Å². The molecule has 5 nitrogen and oxygen atoms in total. The van der Waals surface area contributed by atoms with Crippen molar-refractivity contribution in [2.75, 3.05) is 24.2 Å². The summed E-state index contributed by atoms with van der Waals surface area (Å²) in [6, 6.07) is 0. The molecule has 0 amide bonds. The molecule has 0 saturated heterocycles. The summed E-state index contributed by atoms with van der Waals surface area (Å²) in [7, 11) is 1.86. The van der Waals surface area contributed by atoms with Crippen LogP contribution in [0.1, 0.15) is 58.8 Å². The molecular weight excluding hydrogens is 264 g/mol. The Bertz CT molecular complexity index is 476. The van der Waals surface area contributed by atoms with Crippen molar-refractivity contribution in [2.45, 2.75) is 65.4 Å². The van der Waals surface area contributed by atoms with Crippen LogP contribution >= 0.6 is 0 Å². The Morgan fingerprint density at radius 3 is 2.00 bits per heavy atom. The van der Waals surface area contributed by atoms with Crippen LogP contribution in [0.25, 0.3) is 0 Å². The van der Waals surface area contributed by atoms with E-state index in [9.17, 15) is 5.11 Å². The Morgan fingerprint density at radius 2 is 1.57 bits per heavy atom. The largest absolute Gasteiger partial charge is 0.388 e. The van der Waals surface area contributed by atoms with Gasteiger partial charge in [-0.25, -0.2) is 9.97 Å². The number of nitrogens with zero attached hydrogens (tertiary/aromatic N) is 2. The van der Waals surface area contributed by atoms with Crippen LogP contribution in [0, 0.1) is 6.92 Å². The average Bonchev–Trinajstić information content (AvgIpc) is 2.44. The highest BCUT2D eigenvalue weighted by Crippen LogP contribution is 2.26. The van der Waals surface area contributed by atoms with Crippen molar-refractivity contribution in [3.8, 4) is 0 Å². The van der Waals surface area contributed by atoms with Crippen LogP contribution in [-0.4, -0.2) is 34.3 Å². The summed E-state index contributed by atoms with van der Waals surface area (Å²) in [6.07, 6.45) is 1.43. The van der Waals surface area contributed by atoms with Gasteiger partial charge in [-0.3, -0.25) is 0 Å². The molecular formula is C16H30N4O. The molecule has 0 atom stereocenters. The van der Waals surface area contributed by atoms with Crippen molar-refractivity contribution in [2.24, 2.45) is 0 Å². The first-order valence-corrected chi connectivity index (χ1v) is 7.70. The molecule has 1 aromatic rings. The average molecular weight is 294 g/mol. The number of anilines is 2. The molecule has 0 saturated carbocycles.